The number of aliphatic hydroxyl groups excluding tert-OH is 1. The lowest BCUT2D eigenvalue weighted by molar-refractivity contribution is -0.384. The Morgan fingerprint density at radius 3 is 2.30 bits per heavy atom. The lowest BCUT2D eigenvalue weighted by Crippen LogP contribution is -2.33. The van der Waals surface area contributed by atoms with E-state index in [0.29, 0.717) is 16.3 Å². The molecular weight excluding hydrogens is 424 g/mol. The fourth-order valence-corrected chi connectivity index (χ4v) is 3.48. The van der Waals surface area contributed by atoms with Gasteiger partial charge in [-0.15, -0.1) is 0 Å². The van der Waals surface area contributed by atoms with E-state index in [0.717, 1.165) is 5.56 Å². The number of nitrogens with one attached hydrogen (secondary N) is 1. The Morgan fingerprint density at radius 1 is 1.00 bits per heavy atom. The highest BCUT2D eigenvalue weighted by atomic mass is 16.6. The predicted octanol–water partition coefficient (Wildman–Crippen LogP) is 2.82. The number of amides is 1. The van der Waals surface area contributed by atoms with E-state index in [-0.39, 0.29) is 30.0 Å². The second kappa shape index (κ2) is 9.41. The fourth-order valence-electron chi connectivity index (χ4n) is 3.48. The summed E-state index contributed by atoms with van der Waals surface area (Å²) >= 11 is 0. The minimum absolute atomic E-state index is 0.0667. The summed E-state index contributed by atoms with van der Waals surface area (Å²) in [6, 6.07) is 21.5. The molecule has 0 aliphatic heterocycles. The molecule has 4 aromatic rings. The highest BCUT2D eigenvalue weighted by Gasteiger charge is 2.18. The van der Waals surface area contributed by atoms with Crippen molar-refractivity contribution in [3.63, 3.8) is 0 Å². The van der Waals surface area contributed by atoms with Gasteiger partial charge in [-0.3, -0.25) is 19.7 Å². The lowest BCUT2D eigenvalue weighted by Gasteiger charge is -2.14. The number of nitrogens with zero attached hydrogens (tertiary/aromatic N) is 3. The molecule has 0 spiro atoms. The maximum absolute atomic E-state index is 13.0. The van der Waals surface area contributed by atoms with Crippen LogP contribution in [0.5, 0.6) is 0 Å². The number of hydrogen-bond acceptors (Lipinski definition) is 6. The smallest absolute Gasteiger partial charge is 0.274 e. The molecule has 1 heterocycles. The normalized spacial score (nSPS) is 11.8. The summed E-state index contributed by atoms with van der Waals surface area (Å²) in [5, 5.41) is 28.9. The van der Waals surface area contributed by atoms with Crippen LogP contribution in [0.1, 0.15) is 27.7 Å². The van der Waals surface area contributed by atoms with Crippen LogP contribution in [0.15, 0.2) is 83.7 Å². The van der Waals surface area contributed by atoms with Gasteiger partial charge in [-0.1, -0.05) is 48.5 Å². The summed E-state index contributed by atoms with van der Waals surface area (Å²) in [5.74, 6) is -0.547. The van der Waals surface area contributed by atoms with Gasteiger partial charge in [-0.05, 0) is 29.3 Å². The molecule has 166 valence electrons. The van der Waals surface area contributed by atoms with Crippen molar-refractivity contribution in [3.05, 3.63) is 116 Å². The lowest BCUT2D eigenvalue weighted by atomic mass is 10.1. The van der Waals surface area contributed by atoms with Crippen molar-refractivity contribution in [2.24, 2.45) is 0 Å². The third-order valence-electron chi connectivity index (χ3n) is 5.20. The van der Waals surface area contributed by atoms with Gasteiger partial charge in [0.1, 0.15) is 0 Å². The topological polar surface area (TPSA) is 127 Å². The Morgan fingerprint density at radius 2 is 1.64 bits per heavy atom. The Hall–Kier alpha value is -4.37. The number of rotatable bonds is 7. The minimum atomic E-state index is -1.07. The van der Waals surface area contributed by atoms with Crippen LogP contribution in [0.25, 0.3) is 10.8 Å². The molecule has 0 aliphatic rings. The van der Waals surface area contributed by atoms with E-state index in [1.165, 1.54) is 28.9 Å². The molecule has 4 rings (SSSR count). The second-order valence-corrected chi connectivity index (χ2v) is 7.42. The molecule has 9 nitrogen and oxygen atoms in total. The van der Waals surface area contributed by atoms with Crippen molar-refractivity contribution in [2.45, 2.75) is 12.6 Å². The zero-order valence-corrected chi connectivity index (χ0v) is 17.4. The number of aromatic nitrogens is 2. The van der Waals surface area contributed by atoms with Gasteiger partial charge in [-0.2, -0.15) is 5.10 Å². The summed E-state index contributed by atoms with van der Waals surface area (Å²) in [5.41, 5.74) is 0.954. The highest BCUT2D eigenvalue weighted by Crippen LogP contribution is 2.18. The summed E-state index contributed by atoms with van der Waals surface area (Å²) in [4.78, 5) is 36.1. The van der Waals surface area contributed by atoms with Crippen molar-refractivity contribution in [2.75, 3.05) is 6.54 Å². The van der Waals surface area contributed by atoms with Crippen molar-refractivity contribution in [1.29, 1.82) is 0 Å². The number of carbonyl (C=O) groups is 1. The van der Waals surface area contributed by atoms with Crippen LogP contribution < -0.4 is 10.9 Å². The van der Waals surface area contributed by atoms with Crippen molar-refractivity contribution >= 4 is 22.4 Å². The minimum Gasteiger partial charge on any atom is -0.387 e. The summed E-state index contributed by atoms with van der Waals surface area (Å²) in [7, 11) is 0. The molecule has 1 amide bonds. The number of fused-ring (bicyclic) bond motifs is 1. The van der Waals surface area contributed by atoms with Gasteiger partial charge in [0.25, 0.3) is 17.2 Å². The number of hydrogen-bond donors (Lipinski definition) is 2. The van der Waals surface area contributed by atoms with Crippen molar-refractivity contribution in [3.8, 4) is 0 Å². The van der Waals surface area contributed by atoms with Gasteiger partial charge in [0, 0.05) is 24.1 Å². The molecule has 2 N–H and O–H groups in total. The maximum atomic E-state index is 13.0. The molecule has 9 heteroatoms. The predicted molar refractivity (Wildman–Crippen MR) is 122 cm³/mol. The van der Waals surface area contributed by atoms with E-state index < -0.39 is 16.9 Å². The van der Waals surface area contributed by atoms with Gasteiger partial charge in [0.05, 0.1) is 23.0 Å². The average molecular weight is 444 g/mol. The van der Waals surface area contributed by atoms with Crippen LogP contribution in [0.3, 0.4) is 0 Å². The van der Waals surface area contributed by atoms with E-state index in [1.807, 2.05) is 30.3 Å². The molecule has 0 saturated heterocycles. The van der Waals surface area contributed by atoms with Gasteiger partial charge in [-0.25, -0.2) is 4.68 Å². The third-order valence-corrected chi connectivity index (χ3v) is 5.20. The highest BCUT2D eigenvalue weighted by molar-refractivity contribution is 6.04. The van der Waals surface area contributed by atoms with Gasteiger partial charge in [0.2, 0.25) is 0 Å². The molecule has 0 unspecified atom stereocenters. The first-order chi connectivity index (χ1) is 15.9. The Balaban J connectivity index is 1.58. The Bertz CT molecular complexity index is 1370. The van der Waals surface area contributed by atoms with Crippen LogP contribution in [0.2, 0.25) is 0 Å². The van der Waals surface area contributed by atoms with E-state index in [9.17, 15) is 24.8 Å². The van der Waals surface area contributed by atoms with Gasteiger partial charge < -0.3 is 10.4 Å². The first-order valence-electron chi connectivity index (χ1n) is 10.2. The molecule has 0 fully saturated rings. The largest absolute Gasteiger partial charge is 0.387 e. The molecule has 3 aromatic carbocycles. The van der Waals surface area contributed by atoms with E-state index >= 15 is 0 Å². The third kappa shape index (κ3) is 4.78. The second-order valence-electron chi connectivity index (χ2n) is 7.42. The molecule has 0 radical (unpaired) electrons. The number of carbonyl (C=O) groups excluding carboxylic acids is 1. The van der Waals surface area contributed by atoms with Crippen LogP contribution in [0, 0.1) is 10.1 Å². The van der Waals surface area contributed by atoms with Gasteiger partial charge >= 0.3 is 0 Å². The number of benzene rings is 3. The van der Waals surface area contributed by atoms with E-state index in [1.54, 1.807) is 24.3 Å². The molecule has 0 aliphatic carbocycles. The Labute approximate surface area is 188 Å². The molecule has 0 saturated carbocycles. The van der Waals surface area contributed by atoms with Crippen LogP contribution in [0.4, 0.5) is 5.69 Å². The molecule has 0 bridgehead atoms. The number of nitro groups is 1. The quantitative estimate of drug-likeness (QED) is 0.333. The number of nitro benzene ring substituents is 1. The first-order valence-corrected chi connectivity index (χ1v) is 10.2. The van der Waals surface area contributed by atoms with Gasteiger partial charge in [0.15, 0.2) is 5.69 Å². The first kappa shape index (κ1) is 21.8. The fraction of sp³-hybridized carbons (Fsp3) is 0.125. The maximum Gasteiger partial charge on any atom is 0.274 e. The number of non-ortho nitro benzene ring substituents is 1. The van der Waals surface area contributed by atoms with Crippen molar-refractivity contribution < 1.29 is 14.8 Å². The van der Waals surface area contributed by atoms with Crippen LogP contribution in [-0.4, -0.2) is 32.3 Å². The standard InChI is InChI=1S/C24H20N4O5/c29-21(17-10-12-18(13-11-17)28(32)33)14-25-23(30)22-19-8-4-5-9-20(19)24(31)27(26-22)15-16-6-2-1-3-7-16/h1-13,21,29H,14-15H2,(H,25,30)/t21-/m1/s1. The SMILES string of the molecule is O=C(NC[C@@H](O)c1ccc([N+](=O)[O-])cc1)c1nn(Cc2ccccc2)c(=O)c2ccccc12. The van der Waals surface area contributed by atoms with Crippen LogP contribution >= 0.6 is 0 Å². The van der Waals surface area contributed by atoms with E-state index in [4.69, 9.17) is 0 Å². The summed E-state index contributed by atoms with van der Waals surface area (Å²) in [6.45, 7) is 0.0701. The molecule has 33 heavy (non-hydrogen) atoms. The Kier molecular flexibility index (Phi) is 6.23. The number of aliphatic hydroxyl groups is 1. The molecule has 1 atom stereocenters. The monoisotopic (exact) mass is 444 g/mol. The van der Waals surface area contributed by atoms with E-state index in [2.05, 4.69) is 10.4 Å². The molecular formula is C24H20N4O5. The van der Waals surface area contributed by atoms with Crippen LogP contribution in [-0.2, 0) is 6.54 Å². The molecule has 1 aromatic heterocycles. The zero-order valence-electron chi connectivity index (χ0n) is 17.4. The average Bonchev–Trinajstić information content (AvgIpc) is 2.84. The summed E-state index contributed by atoms with van der Waals surface area (Å²) in [6.07, 6.45) is -1.07. The summed E-state index contributed by atoms with van der Waals surface area (Å²) < 4.78 is 1.25. The zero-order chi connectivity index (χ0) is 23.4. The van der Waals surface area contributed by atoms with Crippen molar-refractivity contribution in [1.82, 2.24) is 15.1 Å².